The maximum Gasteiger partial charge on any atom is 0.481 e. The van der Waals surface area contributed by atoms with Crippen LogP contribution in [0.4, 0.5) is 5.82 Å². The number of anilines is 1. The summed E-state index contributed by atoms with van der Waals surface area (Å²) in [6.45, 7) is -1.93. The Bertz CT molecular complexity index is 1630. The first-order valence-electron chi connectivity index (χ1n) is 13.0. The third-order valence-electron chi connectivity index (χ3n) is 7.11. The lowest BCUT2D eigenvalue weighted by atomic mass is 10.1. The molecule has 2 aromatic rings. The normalized spacial score (nSPS) is 34.0. The van der Waals surface area contributed by atoms with Gasteiger partial charge in [0.1, 0.15) is 49.0 Å². The van der Waals surface area contributed by atoms with Gasteiger partial charge < -0.3 is 56.1 Å². The Morgan fingerprint density at radius 1 is 1.11 bits per heavy atom. The van der Waals surface area contributed by atoms with Gasteiger partial charge in [0.05, 0.1) is 12.9 Å². The summed E-state index contributed by atoms with van der Waals surface area (Å²) in [4.78, 5) is 42.9. The second kappa shape index (κ2) is 13.4. The summed E-state index contributed by atoms with van der Waals surface area (Å²) in [5.41, 5.74) is 11.6. The number of imidazole rings is 1. The van der Waals surface area contributed by atoms with E-state index in [2.05, 4.69) is 30.9 Å². The Morgan fingerprint density at radius 2 is 1.83 bits per heavy atom. The number of thiol groups is 1. The van der Waals surface area contributed by atoms with E-state index in [1.807, 2.05) is 0 Å². The molecule has 2 fully saturated rings. The second-order valence-corrected chi connectivity index (χ2v) is 14.6. The molecule has 0 spiro atoms. The molecule has 254 valence electrons. The molecule has 5 rings (SSSR count). The molecule has 10 N–H and O–H groups in total. The summed E-state index contributed by atoms with van der Waals surface area (Å²) in [5, 5.41) is 42.4. The molecule has 25 heteroatoms. The number of nitrogens with two attached hydrogens (primary N) is 2. The van der Waals surface area contributed by atoms with E-state index in [1.54, 1.807) is 6.08 Å². The number of allylic oxidation sites excluding steroid dienone is 1. The molecule has 0 radical (unpaired) electrons. The largest absolute Gasteiger partial charge is 0.481 e. The highest BCUT2D eigenvalue weighted by Gasteiger charge is 2.57. The fraction of sp³-hybridized carbons (Fsp3) is 0.524. The van der Waals surface area contributed by atoms with Gasteiger partial charge in [-0.05, 0) is 6.42 Å². The van der Waals surface area contributed by atoms with E-state index >= 15 is 0 Å². The van der Waals surface area contributed by atoms with Gasteiger partial charge in [0.15, 0.2) is 28.9 Å². The van der Waals surface area contributed by atoms with E-state index in [1.165, 1.54) is 28.2 Å². The van der Waals surface area contributed by atoms with Crippen molar-refractivity contribution in [3.63, 3.8) is 0 Å². The minimum atomic E-state index is -5.47. The van der Waals surface area contributed by atoms with E-state index in [4.69, 9.17) is 30.0 Å². The number of ether oxygens (including phenoxy) is 2. The molecule has 46 heavy (non-hydrogen) atoms. The number of carbonyl (C=O) groups excluding carboxylic acids is 1. The zero-order valence-electron chi connectivity index (χ0n) is 23.1. The van der Waals surface area contributed by atoms with Crippen LogP contribution >= 0.6 is 38.1 Å². The molecule has 21 nitrogen and oxygen atoms in total. The average Bonchev–Trinajstić information content (AvgIpc) is 3.64. The molecule has 2 aromatic heterocycles. The fourth-order valence-corrected chi connectivity index (χ4v) is 8.10. The lowest BCUT2D eigenvalue weighted by molar-refractivity contribution is -0.115. The number of phosphoric acid groups is 2. The number of nitrogen functional groups attached to an aromatic ring is 1. The Morgan fingerprint density at radius 3 is 2.52 bits per heavy atom. The standard InChI is InChI=1S/C21H29N7O14P2S2/c22-16-11-18(25-7-24-16)28(8-26-11)20-14(31)15(32)21(41-20,46-45)6-39-44(36,37)42-43(34,35)38-5-10-12(29)13(30)19(40-10)27-3-1-2-9(4-27)17(23)33/h1,3-4,7-8,10,12-15,19-20,29-32,45H,2,5-6H2,(H2,23,33)(H,34,35)(H,36,37)(H2,22,24,25)/t10-,12-,13-,14-,15+,19-,20-,21-/m1/s1. The van der Waals surface area contributed by atoms with Crippen molar-refractivity contribution in [1.29, 1.82) is 0 Å². The van der Waals surface area contributed by atoms with Gasteiger partial charge in [-0.2, -0.15) is 4.31 Å². The molecule has 0 bridgehead atoms. The number of aliphatic hydroxyl groups excluding tert-OH is 4. The summed E-state index contributed by atoms with van der Waals surface area (Å²) in [5.74, 6) is -0.684. The van der Waals surface area contributed by atoms with Crippen LogP contribution in [0.25, 0.3) is 11.2 Å². The summed E-state index contributed by atoms with van der Waals surface area (Å²) in [7, 11) is -10.4. The van der Waals surface area contributed by atoms with Crippen molar-refractivity contribution in [2.45, 2.75) is 54.3 Å². The highest BCUT2D eigenvalue weighted by Crippen LogP contribution is 2.61. The van der Waals surface area contributed by atoms with Crippen LogP contribution in [0.1, 0.15) is 12.6 Å². The minimum Gasteiger partial charge on any atom is -0.387 e. The predicted octanol–water partition coefficient (Wildman–Crippen LogP) is -1.78. The van der Waals surface area contributed by atoms with Crippen LogP contribution in [0.5, 0.6) is 0 Å². The lowest BCUT2D eigenvalue weighted by Gasteiger charge is -2.29. The summed E-state index contributed by atoms with van der Waals surface area (Å²) >= 11 is 4.04. The molecule has 2 saturated heterocycles. The van der Waals surface area contributed by atoms with Gasteiger partial charge >= 0.3 is 15.6 Å². The second-order valence-electron chi connectivity index (χ2n) is 10.1. The molecule has 0 aliphatic carbocycles. The first-order valence-corrected chi connectivity index (χ1v) is 17.9. The third-order valence-corrected chi connectivity index (χ3v) is 11.4. The molecule has 5 heterocycles. The molecule has 3 aliphatic rings. The number of nitrogens with zero attached hydrogens (tertiary/aromatic N) is 5. The van der Waals surface area contributed by atoms with Crippen LogP contribution in [0.3, 0.4) is 0 Å². The van der Waals surface area contributed by atoms with Gasteiger partial charge in [-0.3, -0.25) is 18.4 Å². The average molecular weight is 730 g/mol. The number of hydrogen-bond acceptors (Lipinski definition) is 19. The molecule has 3 aliphatic heterocycles. The maximum atomic E-state index is 12.7. The lowest BCUT2D eigenvalue weighted by Crippen LogP contribution is -2.43. The van der Waals surface area contributed by atoms with Gasteiger partial charge in [-0.25, -0.2) is 24.1 Å². The number of phosphoric ester groups is 2. The number of amides is 1. The summed E-state index contributed by atoms with van der Waals surface area (Å²) in [6.07, 6.45) is -3.91. The van der Waals surface area contributed by atoms with Crippen molar-refractivity contribution in [2.75, 3.05) is 18.9 Å². The summed E-state index contributed by atoms with van der Waals surface area (Å²) < 4.78 is 51.6. The third kappa shape index (κ3) is 6.99. The Kier molecular flexibility index (Phi) is 10.2. The van der Waals surface area contributed by atoms with E-state index in [0.29, 0.717) is 10.8 Å². The zero-order valence-corrected chi connectivity index (χ0v) is 26.6. The van der Waals surface area contributed by atoms with Crippen LogP contribution in [-0.4, -0.2) is 115 Å². The zero-order chi connectivity index (χ0) is 33.6. The van der Waals surface area contributed by atoms with Crippen molar-refractivity contribution < 1.29 is 67.0 Å². The SMILES string of the molecule is NC(=O)C1=CN([C@@H]2O[C@H](COP(=O)(O)OP(=O)(O)OC[C@]3(SS)O[C@@H](n4cnc5c(N)ncnc54)[C@H](O)[C@@H]3O)[C@@H](O)[C@H]2O)C=CC1. The molecule has 0 saturated carbocycles. The molecule has 2 unspecified atom stereocenters. The molecule has 1 amide bonds. The number of rotatable bonds is 12. The van der Waals surface area contributed by atoms with Crippen LogP contribution in [-0.2, 0) is 36.8 Å². The van der Waals surface area contributed by atoms with Gasteiger partial charge in [-0.15, -0.1) is 11.7 Å². The Hall–Kier alpha value is -2.18. The maximum absolute atomic E-state index is 12.7. The number of primary amides is 1. The van der Waals surface area contributed by atoms with Gasteiger partial charge in [0.25, 0.3) is 0 Å². The number of hydrogen-bond donors (Lipinski definition) is 9. The number of carbonyl (C=O) groups is 1. The summed E-state index contributed by atoms with van der Waals surface area (Å²) in [6, 6.07) is 0. The van der Waals surface area contributed by atoms with Crippen LogP contribution in [0.2, 0.25) is 0 Å². The fourth-order valence-electron chi connectivity index (χ4n) is 4.79. The topological polar surface area (TPSA) is 318 Å². The van der Waals surface area contributed by atoms with Gasteiger partial charge in [0, 0.05) is 18.0 Å². The first kappa shape index (κ1) is 35.1. The van der Waals surface area contributed by atoms with E-state index in [9.17, 15) is 44.1 Å². The van der Waals surface area contributed by atoms with Crippen LogP contribution in [0, 0.1) is 0 Å². The highest BCUT2D eigenvalue weighted by atomic mass is 33.1. The quantitative estimate of drug-likeness (QED) is 0.0662. The van der Waals surface area contributed by atoms with E-state index < -0.39 is 82.7 Å². The smallest absolute Gasteiger partial charge is 0.387 e. The number of aromatic nitrogens is 4. The molecular weight excluding hydrogens is 700 g/mol. The molecule has 0 aromatic carbocycles. The minimum absolute atomic E-state index is 0.0315. The van der Waals surface area contributed by atoms with E-state index in [-0.39, 0.29) is 29.0 Å². The van der Waals surface area contributed by atoms with Gasteiger partial charge in [-0.1, -0.05) is 16.9 Å². The van der Waals surface area contributed by atoms with E-state index in [0.717, 1.165) is 6.33 Å². The van der Waals surface area contributed by atoms with Crippen LogP contribution in [0.15, 0.2) is 36.7 Å². The van der Waals surface area contributed by atoms with Crippen molar-refractivity contribution in [3.8, 4) is 0 Å². The van der Waals surface area contributed by atoms with Crippen molar-refractivity contribution in [2.24, 2.45) is 5.73 Å². The number of fused-ring (bicyclic) bond motifs is 1. The number of aliphatic hydroxyl groups is 4. The Balaban J connectivity index is 1.20. The molecule has 10 atom stereocenters. The van der Waals surface area contributed by atoms with Crippen molar-refractivity contribution in [1.82, 2.24) is 24.4 Å². The predicted molar refractivity (Wildman–Crippen MR) is 157 cm³/mol. The monoisotopic (exact) mass is 729 g/mol. The van der Waals surface area contributed by atoms with Crippen molar-refractivity contribution >= 4 is 61.0 Å². The van der Waals surface area contributed by atoms with Crippen LogP contribution < -0.4 is 11.5 Å². The van der Waals surface area contributed by atoms with Crippen molar-refractivity contribution in [3.05, 3.63) is 36.7 Å². The van der Waals surface area contributed by atoms with Gasteiger partial charge in [0.2, 0.25) is 5.91 Å². The Labute approximate surface area is 267 Å². The molecular formula is C21H29N7O14P2S2. The first-order chi connectivity index (χ1) is 21.6. The highest BCUT2D eigenvalue weighted by molar-refractivity contribution is 8.69.